The number of nitrogens with one attached hydrogen (secondary N) is 1. The molecule has 2 nitrogen and oxygen atoms in total. The van der Waals surface area contributed by atoms with Crippen molar-refractivity contribution in [3.8, 4) is 0 Å². The van der Waals surface area contributed by atoms with Crippen molar-refractivity contribution in [3.63, 3.8) is 0 Å². The predicted molar refractivity (Wildman–Crippen MR) is 45.4 cm³/mol. The largest absolute Gasteiger partial charge is 0.340 e. The number of halogens is 1. The zero-order valence-corrected chi connectivity index (χ0v) is 7.53. The monoisotopic (exact) mass is 175 g/mol. The highest BCUT2D eigenvalue weighted by molar-refractivity contribution is 6.21. The minimum absolute atomic E-state index is 0.0981. The summed E-state index contributed by atoms with van der Waals surface area (Å²) in [5.41, 5.74) is -0.144. The molecule has 1 saturated heterocycles. The van der Waals surface area contributed by atoms with Crippen molar-refractivity contribution >= 4 is 17.5 Å². The highest BCUT2D eigenvalue weighted by Crippen LogP contribution is 2.22. The number of alkyl halides is 1. The average molecular weight is 176 g/mol. The zero-order chi connectivity index (χ0) is 8.27. The van der Waals surface area contributed by atoms with E-state index in [-0.39, 0.29) is 11.4 Å². The molecule has 2 atom stereocenters. The van der Waals surface area contributed by atoms with E-state index >= 15 is 0 Å². The lowest BCUT2D eigenvalue weighted by molar-refractivity contribution is -0.121. The second-order valence-electron chi connectivity index (χ2n) is 3.03. The van der Waals surface area contributed by atoms with Crippen LogP contribution in [-0.4, -0.2) is 11.4 Å². The summed E-state index contributed by atoms with van der Waals surface area (Å²) in [6.07, 6.45) is 3.74. The van der Waals surface area contributed by atoms with Crippen LogP contribution in [0.3, 0.4) is 0 Å². The van der Waals surface area contributed by atoms with Crippen LogP contribution in [0.25, 0.3) is 0 Å². The van der Waals surface area contributed by atoms with Crippen LogP contribution in [0.1, 0.15) is 32.6 Å². The summed E-state index contributed by atoms with van der Waals surface area (Å²) < 4.78 is 0. The van der Waals surface area contributed by atoms with E-state index in [0.717, 1.165) is 19.3 Å². The lowest BCUT2D eigenvalue weighted by Crippen LogP contribution is -2.33. The Morgan fingerprint density at radius 1 is 1.73 bits per heavy atom. The smallest absolute Gasteiger partial charge is 0.221 e. The number of rotatable bonds is 1. The Bertz CT molecular complexity index is 149. The normalized spacial score (nSPS) is 32.7. The maximum absolute atomic E-state index is 11.0. The van der Waals surface area contributed by atoms with Crippen LogP contribution in [0, 0.1) is 5.92 Å². The first kappa shape index (κ1) is 8.85. The second kappa shape index (κ2) is 3.96. The molecular weight excluding hydrogens is 162 g/mol. The number of hydrogen-bond acceptors (Lipinski definition) is 1. The van der Waals surface area contributed by atoms with Crippen LogP contribution in [0.4, 0.5) is 0 Å². The standard InChI is InChI=1S/C8H14ClNO/c1-2-6-4-3-5-7(11)10-8(6)9/h6,8H,2-5H2,1H3,(H,10,11). The molecule has 1 aliphatic heterocycles. The van der Waals surface area contributed by atoms with E-state index in [4.69, 9.17) is 11.6 Å². The van der Waals surface area contributed by atoms with Gasteiger partial charge in [-0.3, -0.25) is 4.79 Å². The number of carbonyl (C=O) groups is 1. The molecule has 1 aliphatic rings. The lowest BCUT2D eigenvalue weighted by Gasteiger charge is -2.17. The fourth-order valence-corrected chi connectivity index (χ4v) is 1.85. The molecule has 1 rings (SSSR count). The molecule has 1 N–H and O–H groups in total. The first-order valence-corrected chi connectivity index (χ1v) is 4.61. The summed E-state index contributed by atoms with van der Waals surface area (Å²) in [5, 5.41) is 2.77. The fourth-order valence-electron chi connectivity index (χ4n) is 1.43. The van der Waals surface area contributed by atoms with Crippen molar-refractivity contribution < 1.29 is 4.79 Å². The number of carbonyl (C=O) groups excluding carboxylic acids is 1. The molecule has 0 saturated carbocycles. The summed E-state index contributed by atoms with van der Waals surface area (Å²) in [6, 6.07) is 0. The van der Waals surface area contributed by atoms with Crippen LogP contribution in [-0.2, 0) is 4.79 Å². The van der Waals surface area contributed by atoms with E-state index in [1.807, 2.05) is 0 Å². The van der Waals surface area contributed by atoms with Gasteiger partial charge in [0.05, 0.1) is 0 Å². The van der Waals surface area contributed by atoms with Gasteiger partial charge in [0.2, 0.25) is 5.91 Å². The predicted octanol–water partition coefficient (Wildman–Crippen LogP) is 1.88. The topological polar surface area (TPSA) is 29.1 Å². The summed E-state index contributed by atoms with van der Waals surface area (Å²) in [7, 11) is 0. The van der Waals surface area contributed by atoms with Crippen LogP contribution >= 0.6 is 11.6 Å². The molecule has 3 heteroatoms. The van der Waals surface area contributed by atoms with Crippen molar-refractivity contribution in [2.75, 3.05) is 0 Å². The van der Waals surface area contributed by atoms with Gasteiger partial charge in [-0.1, -0.05) is 24.9 Å². The minimum atomic E-state index is -0.144. The highest BCUT2D eigenvalue weighted by atomic mass is 35.5. The Kier molecular flexibility index (Phi) is 3.18. The minimum Gasteiger partial charge on any atom is -0.340 e. The van der Waals surface area contributed by atoms with Gasteiger partial charge in [0.1, 0.15) is 5.50 Å². The van der Waals surface area contributed by atoms with Gasteiger partial charge in [-0.05, 0) is 18.8 Å². The third-order valence-electron chi connectivity index (χ3n) is 2.22. The summed E-state index contributed by atoms with van der Waals surface area (Å²) >= 11 is 5.95. The molecule has 0 aliphatic carbocycles. The molecule has 2 unspecified atom stereocenters. The lowest BCUT2D eigenvalue weighted by atomic mass is 10.0. The van der Waals surface area contributed by atoms with Crippen molar-refractivity contribution in [2.24, 2.45) is 5.92 Å². The molecular formula is C8H14ClNO. The van der Waals surface area contributed by atoms with E-state index in [1.54, 1.807) is 0 Å². The first-order chi connectivity index (χ1) is 5.24. The Morgan fingerprint density at radius 3 is 3.09 bits per heavy atom. The summed E-state index contributed by atoms with van der Waals surface area (Å²) in [4.78, 5) is 11.0. The van der Waals surface area contributed by atoms with E-state index < -0.39 is 0 Å². The summed E-state index contributed by atoms with van der Waals surface area (Å²) in [6.45, 7) is 2.11. The molecule has 0 radical (unpaired) electrons. The van der Waals surface area contributed by atoms with Gasteiger partial charge in [-0.2, -0.15) is 0 Å². The second-order valence-corrected chi connectivity index (χ2v) is 3.50. The average Bonchev–Trinajstić information content (AvgIpc) is 2.11. The molecule has 64 valence electrons. The van der Waals surface area contributed by atoms with E-state index in [9.17, 15) is 4.79 Å². The van der Waals surface area contributed by atoms with Crippen LogP contribution < -0.4 is 5.32 Å². The maximum Gasteiger partial charge on any atom is 0.221 e. The molecule has 0 aromatic heterocycles. The quantitative estimate of drug-likeness (QED) is 0.479. The van der Waals surface area contributed by atoms with Gasteiger partial charge in [0.25, 0.3) is 0 Å². The van der Waals surface area contributed by atoms with Gasteiger partial charge in [0.15, 0.2) is 0 Å². The Labute approximate surface area is 72.3 Å². The molecule has 11 heavy (non-hydrogen) atoms. The van der Waals surface area contributed by atoms with Gasteiger partial charge in [-0.15, -0.1) is 0 Å². The molecule has 0 aromatic rings. The Morgan fingerprint density at radius 2 is 2.45 bits per heavy atom. The van der Waals surface area contributed by atoms with Crippen molar-refractivity contribution in [3.05, 3.63) is 0 Å². The van der Waals surface area contributed by atoms with E-state index in [0.29, 0.717) is 12.3 Å². The van der Waals surface area contributed by atoms with Crippen molar-refractivity contribution in [1.29, 1.82) is 0 Å². The third kappa shape index (κ3) is 2.37. The molecule has 1 heterocycles. The van der Waals surface area contributed by atoms with Gasteiger partial charge >= 0.3 is 0 Å². The number of amides is 1. The molecule has 1 amide bonds. The van der Waals surface area contributed by atoms with Gasteiger partial charge in [-0.25, -0.2) is 0 Å². The Hall–Kier alpha value is -0.240. The Balaban J connectivity index is 2.50. The number of hydrogen-bond donors (Lipinski definition) is 1. The third-order valence-corrected chi connectivity index (χ3v) is 2.68. The van der Waals surface area contributed by atoms with Crippen molar-refractivity contribution in [2.45, 2.75) is 38.1 Å². The van der Waals surface area contributed by atoms with Gasteiger partial charge in [0, 0.05) is 6.42 Å². The van der Waals surface area contributed by atoms with Crippen LogP contribution in [0.5, 0.6) is 0 Å². The highest BCUT2D eigenvalue weighted by Gasteiger charge is 2.22. The van der Waals surface area contributed by atoms with E-state index in [1.165, 1.54) is 0 Å². The SMILES string of the molecule is CCC1CCCC(=O)NC1Cl. The summed E-state index contributed by atoms with van der Waals surface area (Å²) in [5.74, 6) is 0.559. The molecule has 0 bridgehead atoms. The van der Waals surface area contributed by atoms with Crippen LogP contribution in [0.15, 0.2) is 0 Å². The van der Waals surface area contributed by atoms with Crippen LogP contribution in [0.2, 0.25) is 0 Å². The first-order valence-electron chi connectivity index (χ1n) is 4.17. The van der Waals surface area contributed by atoms with Gasteiger partial charge < -0.3 is 5.32 Å². The zero-order valence-electron chi connectivity index (χ0n) is 6.77. The van der Waals surface area contributed by atoms with Crippen molar-refractivity contribution in [1.82, 2.24) is 5.32 Å². The fraction of sp³-hybridized carbons (Fsp3) is 0.875. The molecule has 0 spiro atoms. The maximum atomic E-state index is 11.0. The van der Waals surface area contributed by atoms with E-state index in [2.05, 4.69) is 12.2 Å². The molecule has 0 aromatic carbocycles. The molecule has 1 fully saturated rings.